The highest BCUT2D eigenvalue weighted by Gasteiger charge is 2.09. The Balaban J connectivity index is 2.07. The summed E-state index contributed by atoms with van der Waals surface area (Å²) in [4.78, 5) is 33.5. The lowest BCUT2D eigenvalue weighted by atomic mass is 10.2. The minimum atomic E-state index is -1.09. The summed E-state index contributed by atoms with van der Waals surface area (Å²) in [5, 5.41) is 11.3. The van der Waals surface area contributed by atoms with Crippen molar-refractivity contribution in [2.75, 3.05) is 6.61 Å². The molecule has 7 heteroatoms. The van der Waals surface area contributed by atoms with Gasteiger partial charge in [0.15, 0.2) is 0 Å². The van der Waals surface area contributed by atoms with Gasteiger partial charge >= 0.3 is 5.97 Å². The SMILES string of the molecule is O=C(O)c1ccccc1OCCn1[nH]c(=O)ccc1=O. The van der Waals surface area contributed by atoms with Crippen LogP contribution in [0.15, 0.2) is 46.0 Å². The van der Waals surface area contributed by atoms with Crippen LogP contribution in [0.4, 0.5) is 0 Å². The van der Waals surface area contributed by atoms with Crippen LogP contribution < -0.4 is 15.9 Å². The maximum absolute atomic E-state index is 11.4. The van der Waals surface area contributed by atoms with E-state index in [0.29, 0.717) is 0 Å². The molecule has 0 radical (unpaired) electrons. The Labute approximate surface area is 113 Å². The number of carboxylic acid groups (broad SMARTS) is 1. The smallest absolute Gasteiger partial charge is 0.339 e. The first kappa shape index (κ1) is 13.6. The summed E-state index contributed by atoms with van der Waals surface area (Å²) < 4.78 is 6.44. The molecular weight excluding hydrogens is 264 g/mol. The molecule has 0 saturated heterocycles. The molecule has 0 atom stereocenters. The number of hydrogen-bond acceptors (Lipinski definition) is 4. The van der Waals surface area contributed by atoms with Crippen LogP contribution in [0.5, 0.6) is 5.75 Å². The fraction of sp³-hybridized carbons (Fsp3) is 0.154. The molecule has 0 spiro atoms. The monoisotopic (exact) mass is 276 g/mol. The summed E-state index contributed by atoms with van der Waals surface area (Å²) >= 11 is 0. The van der Waals surface area contributed by atoms with Crippen LogP contribution in [0.2, 0.25) is 0 Å². The number of nitrogens with one attached hydrogen (secondary N) is 1. The highest BCUT2D eigenvalue weighted by atomic mass is 16.5. The average Bonchev–Trinajstić information content (AvgIpc) is 2.43. The standard InChI is InChI=1S/C13H12N2O5/c16-11-5-6-12(17)15(14-11)7-8-20-10-4-2-1-3-9(10)13(18)19/h1-6H,7-8H2,(H,14,16)(H,18,19). The summed E-state index contributed by atoms with van der Waals surface area (Å²) in [5.74, 6) is -0.878. The van der Waals surface area contributed by atoms with E-state index in [1.807, 2.05) is 0 Å². The first-order valence-corrected chi connectivity index (χ1v) is 5.83. The fourth-order valence-corrected chi connectivity index (χ4v) is 1.64. The van der Waals surface area contributed by atoms with E-state index in [-0.39, 0.29) is 30.0 Å². The molecule has 2 rings (SSSR count). The first-order valence-electron chi connectivity index (χ1n) is 5.83. The fourth-order valence-electron chi connectivity index (χ4n) is 1.64. The molecule has 0 aliphatic rings. The van der Waals surface area contributed by atoms with Gasteiger partial charge in [0.05, 0.1) is 6.54 Å². The van der Waals surface area contributed by atoms with Crippen LogP contribution in [-0.2, 0) is 6.54 Å². The van der Waals surface area contributed by atoms with Gasteiger partial charge in [0.2, 0.25) is 0 Å². The van der Waals surface area contributed by atoms with E-state index in [1.54, 1.807) is 12.1 Å². The average molecular weight is 276 g/mol. The maximum atomic E-state index is 11.4. The third kappa shape index (κ3) is 3.14. The molecule has 0 amide bonds. The number of para-hydroxylation sites is 1. The number of aromatic carboxylic acids is 1. The largest absolute Gasteiger partial charge is 0.491 e. The van der Waals surface area contributed by atoms with Crippen molar-refractivity contribution in [1.29, 1.82) is 0 Å². The normalized spacial score (nSPS) is 10.2. The lowest BCUT2D eigenvalue weighted by molar-refractivity contribution is 0.0692. The molecule has 104 valence electrons. The zero-order valence-electron chi connectivity index (χ0n) is 10.4. The van der Waals surface area contributed by atoms with Gasteiger partial charge in [0.25, 0.3) is 11.1 Å². The summed E-state index contributed by atoms with van der Waals surface area (Å²) in [6.45, 7) is 0.174. The second-order valence-electron chi connectivity index (χ2n) is 3.95. The lowest BCUT2D eigenvalue weighted by Gasteiger charge is -2.09. The van der Waals surface area contributed by atoms with Crippen molar-refractivity contribution < 1.29 is 14.6 Å². The van der Waals surface area contributed by atoms with Crippen LogP contribution >= 0.6 is 0 Å². The summed E-state index contributed by atoms with van der Waals surface area (Å²) in [5.41, 5.74) is -0.711. The highest BCUT2D eigenvalue weighted by Crippen LogP contribution is 2.17. The Morgan fingerprint density at radius 1 is 1.20 bits per heavy atom. The molecule has 2 aromatic rings. The van der Waals surface area contributed by atoms with E-state index in [0.717, 1.165) is 16.8 Å². The van der Waals surface area contributed by atoms with E-state index in [1.165, 1.54) is 12.1 Å². The number of aromatic nitrogens is 2. The Kier molecular flexibility index (Phi) is 3.99. The van der Waals surface area contributed by atoms with Crippen molar-refractivity contribution in [3.8, 4) is 5.75 Å². The molecule has 1 heterocycles. The summed E-state index contributed by atoms with van der Waals surface area (Å²) in [7, 11) is 0. The molecule has 0 aliphatic carbocycles. The molecule has 0 bridgehead atoms. The maximum Gasteiger partial charge on any atom is 0.339 e. The van der Waals surface area contributed by atoms with Crippen molar-refractivity contribution in [3.05, 3.63) is 62.7 Å². The first-order chi connectivity index (χ1) is 9.58. The minimum Gasteiger partial charge on any atom is -0.491 e. The van der Waals surface area contributed by atoms with Gasteiger partial charge < -0.3 is 9.84 Å². The second-order valence-corrected chi connectivity index (χ2v) is 3.95. The van der Waals surface area contributed by atoms with Crippen LogP contribution in [0, 0.1) is 0 Å². The van der Waals surface area contributed by atoms with E-state index in [4.69, 9.17) is 9.84 Å². The van der Waals surface area contributed by atoms with E-state index < -0.39 is 11.5 Å². The molecule has 20 heavy (non-hydrogen) atoms. The van der Waals surface area contributed by atoms with Gasteiger partial charge in [-0.15, -0.1) is 0 Å². The highest BCUT2D eigenvalue weighted by molar-refractivity contribution is 5.90. The van der Waals surface area contributed by atoms with Gasteiger partial charge in [0.1, 0.15) is 17.9 Å². The quantitative estimate of drug-likeness (QED) is 0.818. The molecular formula is C13H12N2O5. The number of benzene rings is 1. The van der Waals surface area contributed by atoms with Crippen molar-refractivity contribution in [2.45, 2.75) is 6.54 Å². The van der Waals surface area contributed by atoms with Crippen LogP contribution in [-0.4, -0.2) is 27.5 Å². The number of rotatable bonds is 5. The minimum absolute atomic E-state index is 0.0430. The molecule has 0 aliphatic heterocycles. The number of nitrogens with zero attached hydrogens (tertiary/aromatic N) is 1. The molecule has 7 nitrogen and oxygen atoms in total. The predicted molar refractivity (Wildman–Crippen MR) is 70.2 cm³/mol. The number of aromatic amines is 1. The van der Waals surface area contributed by atoms with Crippen LogP contribution in [0.3, 0.4) is 0 Å². The topological polar surface area (TPSA) is 101 Å². The molecule has 2 N–H and O–H groups in total. The van der Waals surface area contributed by atoms with Gasteiger partial charge in [-0.2, -0.15) is 0 Å². The Morgan fingerprint density at radius 3 is 2.70 bits per heavy atom. The lowest BCUT2D eigenvalue weighted by Crippen LogP contribution is -2.30. The van der Waals surface area contributed by atoms with Gasteiger partial charge in [-0.25, -0.2) is 9.48 Å². The number of hydrogen-bond donors (Lipinski definition) is 2. The van der Waals surface area contributed by atoms with Crippen LogP contribution in [0.25, 0.3) is 0 Å². The van der Waals surface area contributed by atoms with E-state index >= 15 is 0 Å². The number of ether oxygens (including phenoxy) is 1. The molecule has 0 saturated carbocycles. The molecule has 0 unspecified atom stereocenters. The Bertz CT molecular complexity index is 732. The van der Waals surface area contributed by atoms with E-state index in [2.05, 4.69) is 5.10 Å². The van der Waals surface area contributed by atoms with Gasteiger partial charge in [-0.05, 0) is 12.1 Å². The van der Waals surface area contributed by atoms with Crippen molar-refractivity contribution in [1.82, 2.24) is 9.78 Å². The molecule has 0 fully saturated rings. The van der Waals surface area contributed by atoms with Crippen LogP contribution in [0.1, 0.15) is 10.4 Å². The van der Waals surface area contributed by atoms with Crippen molar-refractivity contribution in [3.63, 3.8) is 0 Å². The predicted octanol–water partition coefficient (Wildman–Crippen LogP) is 0.314. The van der Waals surface area contributed by atoms with Crippen molar-refractivity contribution >= 4 is 5.97 Å². The van der Waals surface area contributed by atoms with Crippen molar-refractivity contribution in [2.24, 2.45) is 0 Å². The summed E-state index contributed by atoms with van der Waals surface area (Å²) in [6, 6.07) is 8.49. The third-order valence-corrected chi connectivity index (χ3v) is 2.58. The number of carboxylic acids is 1. The molecule has 1 aromatic heterocycles. The zero-order chi connectivity index (χ0) is 14.5. The van der Waals surface area contributed by atoms with Gasteiger partial charge in [-0.3, -0.25) is 14.7 Å². The summed E-state index contributed by atoms with van der Waals surface area (Å²) in [6.07, 6.45) is 0. The Morgan fingerprint density at radius 2 is 1.95 bits per heavy atom. The molecule has 1 aromatic carbocycles. The van der Waals surface area contributed by atoms with E-state index in [9.17, 15) is 14.4 Å². The Hall–Kier alpha value is -2.83. The van der Waals surface area contributed by atoms with Gasteiger partial charge in [0, 0.05) is 12.1 Å². The number of H-pyrrole nitrogens is 1. The number of carbonyl (C=O) groups is 1. The third-order valence-electron chi connectivity index (χ3n) is 2.58. The zero-order valence-corrected chi connectivity index (χ0v) is 10.4. The van der Waals surface area contributed by atoms with Gasteiger partial charge in [-0.1, -0.05) is 12.1 Å². The second kappa shape index (κ2) is 5.87.